The molecule has 0 aliphatic heterocycles. The molecule has 0 saturated heterocycles. The van der Waals surface area contributed by atoms with Crippen molar-refractivity contribution in [3.63, 3.8) is 0 Å². The van der Waals surface area contributed by atoms with E-state index < -0.39 is 0 Å². The molecule has 0 aromatic heterocycles. The summed E-state index contributed by atoms with van der Waals surface area (Å²) in [5, 5.41) is 27.6. The van der Waals surface area contributed by atoms with Crippen molar-refractivity contribution in [2.75, 3.05) is 9.80 Å². The molecule has 8 aromatic carbocycles. The normalized spacial score (nSPS) is 11.1. The third-order valence-corrected chi connectivity index (χ3v) is 8.82. The topological polar surface area (TPSA) is 46.9 Å². The first-order valence-electron chi connectivity index (χ1n) is 16.0. The van der Waals surface area contributed by atoms with E-state index in [2.05, 4.69) is 113 Å². The fraction of sp³-hybridized carbons (Fsp3) is 0. The van der Waals surface area contributed by atoms with Crippen molar-refractivity contribution in [1.82, 2.24) is 0 Å². The van der Waals surface area contributed by atoms with Crippen molar-refractivity contribution >= 4 is 55.7 Å². The lowest BCUT2D eigenvalue weighted by Crippen LogP contribution is -2.18. The number of phenolic OH excluding ortho intramolecular Hbond substituents is 2. The van der Waals surface area contributed by atoms with E-state index in [4.69, 9.17) is 0 Å². The monoisotopic (exact) mass is 620 g/mol. The number of phenols is 2. The van der Waals surface area contributed by atoms with Gasteiger partial charge in [-0.25, -0.2) is 0 Å². The number of benzene rings is 8. The fourth-order valence-corrected chi connectivity index (χ4v) is 6.68. The van der Waals surface area contributed by atoms with Gasteiger partial charge in [0.05, 0.1) is 28.3 Å². The third kappa shape index (κ3) is 5.06. The van der Waals surface area contributed by atoms with Crippen molar-refractivity contribution in [3.05, 3.63) is 182 Å². The summed E-state index contributed by atoms with van der Waals surface area (Å²) in [6.45, 7) is 0. The van der Waals surface area contributed by atoms with Crippen LogP contribution in [0.15, 0.2) is 182 Å². The zero-order valence-electron chi connectivity index (χ0n) is 26.1. The number of fused-ring (bicyclic) bond motifs is 2. The van der Waals surface area contributed by atoms with E-state index in [0.717, 1.165) is 55.7 Å². The van der Waals surface area contributed by atoms with Crippen molar-refractivity contribution in [3.8, 4) is 22.6 Å². The van der Waals surface area contributed by atoms with Crippen LogP contribution in [0.5, 0.6) is 11.5 Å². The second kappa shape index (κ2) is 12.3. The summed E-state index contributed by atoms with van der Waals surface area (Å²) in [4.78, 5) is 4.46. The Morgan fingerprint density at radius 1 is 0.333 bits per heavy atom. The molecule has 0 aliphatic rings. The number of para-hydroxylation sites is 3. The molecule has 0 amide bonds. The maximum atomic E-state index is 11.9. The molecule has 0 atom stereocenters. The summed E-state index contributed by atoms with van der Waals surface area (Å²) in [5.41, 5.74) is 6.37. The van der Waals surface area contributed by atoms with Crippen LogP contribution in [-0.2, 0) is 0 Å². The molecule has 4 heteroatoms. The van der Waals surface area contributed by atoms with Gasteiger partial charge in [0.25, 0.3) is 0 Å². The van der Waals surface area contributed by atoms with Gasteiger partial charge in [-0.3, -0.25) is 0 Å². The first-order valence-corrected chi connectivity index (χ1v) is 16.0. The number of nitrogens with zero attached hydrogens (tertiary/aromatic N) is 2. The minimum absolute atomic E-state index is 0.0577. The first kappa shape index (κ1) is 28.9. The average Bonchev–Trinajstić information content (AvgIpc) is 3.14. The number of hydrogen-bond donors (Lipinski definition) is 2. The van der Waals surface area contributed by atoms with Gasteiger partial charge in [0.1, 0.15) is 11.5 Å². The molecule has 2 N–H and O–H groups in total. The average molecular weight is 621 g/mol. The van der Waals surface area contributed by atoms with Gasteiger partial charge in [-0.15, -0.1) is 0 Å². The van der Waals surface area contributed by atoms with Crippen LogP contribution < -0.4 is 9.80 Å². The van der Waals surface area contributed by atoms with Crippen LogP contribution in [0.25, 0.3) is 32.7 Å². The molecule has 48 heavy (non-hydrogen) atoms. The second-order valence-corrected chi connectivity index (χ2v) is 11.7. The largest absolute Gasteiger partial charge is 0.507 e. The molecular formula is C44H32N2O2. The summed E-state index contributed by atoms with van der Waals surface area (Å²) in [6, 6.07) is 60.8. The van der Waals surface area contributed by atoms with Crippen LogP contribution in [0.1, 0.15) is 0 Å². The minimum atomic E-state index is 0.0577. The number of rotatable bonds is 7. The molecule has 8 aromatic rings. The van der Waals surface area contributed by atoms with E-state index in [-0.39, 0.29) is 11.5 Å². The number of hydrogen-bond acceptors (Lipinski definition) is 4. The lowest BCUT2D eigenvalue weighted by Gasteiger charge is -2.36. The Bertz CT molecular complexity index is 2380. The van der Waals surface area contributed by atoms with E-state index in [9.17, 15) is 10.2 Å². The van der Waals surface area contributed by atoms with Crippen LogP contribution in [0.4, 0.5) is 34.1 Å². The van der Waals surface area contributed by atoms with E-state index in [1.165, 1.54) is 0 Å². The smallest absolute Gasteiger partial charge is 0.125 e. The molecule has 4 nitrogen and oxygen atoms in total. The highest BCUT2D eigenvalue weighted by Gasteiger charge is 2.29. The van der Waals surface area contributed by atoms with E-state index >= 15 is 0 Å². The lowest BCUT2D eigenvalue weighted by atomic mass is 9.96. The quantitative estimate of drug-likeness (QED) is 0.186. The Morgan fingerprint density at radius 2 is 0.812 bits per heavy atom. The van der Waals surface area contributed by atoms with Gasteiger partial charge in [-0.05, 0) is 65.4 Å². The highest BCUT2D eigenvalue weighted by Crippen LogP contribution is 2.55. The Labute approximate surface area is 279 Å². The predicted molar refractivity (Wildman–Crippen MR) is 200 cm³/mol. The van der Waals surface area contributed by atoms with Crippen LogP contribution in [-0.4, -0.2) is 10.2 Å². The van der Waals surface area contributed by atoms with Crippen LogP contribution in [0, 0.1) is 0 Å². The molecule has 0 aliphatic carbocycles. The van der Waals surface area contributed by atoms with Gasteiger partial charge in [-0.2, -0.15) is 0 Å². The van der Waals surface area contributed by atoms with E-state index in [0.29, 0.717) is 11.1 Å². The van der Waals surface area contributed by atoms with Gasteiger partial charge in [0.2, 0.25) is 0 Å². The summed E-state index contributed by atoms with van der Waals surface area (Å²) in [5.74, 6) is 0.135. The lowest BCUT2D eigenvalue weighted by molar-refractivity contribution is 0.469. The third-order valence-electron chi connectivity index (χ3n) is 8.82. The Morgan fingerprint density at radius 3 is 1.42 bits per heavy atom. The zero-order chi connectivity index (χ0) is 32.5. The molecule has 0 spiro atoms. The van der Waals surface area contributed by atoms with Gasteiger partial charge < -0.3 is 20.0 Å². The predicted octanol–water partition coefficient (Wildman–Crippen LogP) is 12.0. The van der Waals surface area contributed by atoms with Crippen LogP contribution in [0.3, 0.4) is 0 Å². The molecular weight excluding hydrogens is 588 g/mol. The van der Waals surface area contributed by atoms with E-state index in [1.807, 2.05) is 60.7 Å². The number of anilines is 6. The maximum absolute atomic E-state index is 11.9. The fourth-order valence-electron chi connectivity index (χ4n) is 6.68. The van der Waals surface area contributed by atoms with Gasteiger partial charge in [-0.1, -0.05) is 127 Å². The SMILES string of the molecule is Oc1ccccc1-c1c(O)ccc(N(c2ccccc2)c2cccc3ccccc23)c1N(c1ccccc1)c1cccc2ccccc12. The molecule has 0 fully saturated rings. The highest BCUT2D eigenvalue weighted by molar-refractivity contribution is 6.08. The zero-order valence-corrected chi connectivity index (χ0v) is 26.1. The summed E-state index contributed by atoms with van der Waals surface area (Å²) >= 11 is 0. The molecule has 0 unspecified atom stereocenters. The van der Waals surface area contributed by atoms with Crippen molar-refractivity contribution in [2.24, 2.45) is 0 Å². The van der Waals surface area contributed by atoms with Crippen molar-refractivity contribution in [1.29, 1.82) is 0 Å². The molecule has 0 bridgehead atoms. The van der Waals surface area contributed by atoms with Gasteiger partial charge >= 0.3 is 0 Å². The molecule has 8 rings (SSSR count). The molecule has 0 saturated carbocycles. The number of aromatic hydroxyl groups is 2. The van der Waals surface area contributed by atoms with Gasteiger partial charge in [0.15, 0.2) is 0 Å². The Hall–Kier alpha value is -6.52. The Balaban J connectivity index is 1.55. The van der Waals surface area contributed by atoms with Gasteiger partial charge in [0, 0.05) is 27.7 Å². The summed E-state index contributed by atoms with van der Waals surface area (Å²) in [7, 11) is 0. The van der Waals surface area contributed by atoms with Crippen molar-refractivity contribution in [2.45, 2.75) is 0 Å². The molecule has 230 valence electrons. The second-order valence-electron chi connectivity index (χ2n) is 11.7. The molecule has 0 heterocycles. The molecule has 0 radical (unpaired) electrons. The van der Waals surface area contributed by atoms with Crippen LogP contribution >= 0.6 is 0 Å². The maximum Gasteiger partial charge on any atom is 0.125 e. The summed E-state index contributed by atoms with van der Waals surface area (Å²) in [6.07, 6.45) is 0. The summed E-state index contributed by atoms with van der Waals surface area (Å²) < 4.78 is 0. The first-order chi connectivity index (χ1) is 23.7. The standard InChI is InChI=1S/C44H32N2O2/c47-41-28-12-11-25-37(41)43-42(48)30-29-40(45(33-19-3-1-4-20-33)38-26-13-17-31-15-7-9-23-35(31)38)44(43)46(34-21-5-2-6-22-34)39-27-14-18-32-16-8-10-24-36(32)39/h1-30,47-48H. The van der Waals surface area contributed by atoms with Crippen LogP contribution in [0.2, 0.25) is 0 Å². The van der Waals surface area contributed by atoms with E-state index in [1.54, 1.807) is 18.2 Å². The van der Waals surface area contributed by atoms with Crippen molar-refractivity contribution < 1.29 is 10.2 Å². The highest BCUT2D eigenvalue weighted by atomic mass is 16.3. The minimum Gasteiger partial charge on any atom is -0.507 e. The Kier molecular flexibility index (Phi) is 7.44.